The van der Waals surface area contributed by atoms with E-state index in [0.717, 1.165) is 13.1 Å². The first-order valence-electron chi connectivity index (χ1n) is 10.1. The van der Waals surface area contributed by atoms with Crippen LogP contribution in [0.5, 0.6) is 0 Å². The predicted molar refractivity (Wildman–Crippen MR) is 109 cm³/mol. The number of Topliss-reactive ketones (excluding diaryl/α,β-unsaturated/α-hetero) is 1. The second-order valence-electron chi connectivity index (χ2n) is 8.46. The maximum atomic E-state index is 12.0. The van der Waals surface area contributed by atoms with Gasteiger partial charge in [0.25, 0.3) is 0 Å². The van der Waals surface area contributed by atoms with Crippen LogP contribution in [0.2, 0.25) is 0 Å². The van der Waals surface area contributed by atoms with E-state index in [2.05, 4.69) is 29.5 Å². The van der Waals surface area contributed by atoms with Crippen molar-refractivity contribution in [3.8, 4) is 0 Å². The number of carbonyl (C=O) groups is 1. The van der Waals surface area contributed by atoms with Crippen LogP contribution in [0.15, 0.2) is 24.3 Å². The highest BCUT2D eigenvalue weighted by atomic mass is 32.2. The number of carbonyl (C=O) groups excluding carboxylic acids is 1. The second kappa shape index (κ2) is 7.92. The van der Waals surface area contributed by atoms with Crippen LogP contribution in [0, 0.1) is 11.8 Å². The molecule has 1 aromatic carbocycles. The van der Waals surface area contributed by atoms with Gasteiger partial charge in [-0.2, -0.15) is 0 Å². The Balaban J connectivity index is 1.60. The van der Waals surface area contributed by atoms with Crippen LogP contribution >= 0.6 is 0 Å². The van der Waals surface area contributed by atoms with E-state index in [4.69, 9.17) is 0 Å². The first kappa shape index (κ1) is 20.3. The summed E-state index contributed by atoms with van der Waals surface area (Å²) < 4.78 is 26.6. The van der Waals surface area contributed by atoms with Crippen molar-refractivity contribution in [1.29, 1.82) is 0 Å². The lowest BCUT2D eigenvalue weighted by atomic mass is 9.92. The molecule has 1 aliphatic heterocycles. The molecule has 2 atom stereocenters. The van der Waals surface area contributed by atoms with Gasteiger partial charge in [0.05, 0.1) is 0 Å². The Morgan fingerprint density at radius 3 is 2.56 bits per heavy atom. The van der Waals surface area contributed by atoms with Gasteiger partial charge in [0.15, 0.2) is 0 Å². The average molecular weight is 393 g/mol. The molecule has 6 heteroatoms. The summed E-state index contributed by atoms with van der Waals surface area (Å²) in [6.07, 6.45) is 5.21. The van der Waals surface area contributed by atoms with Crippen molar-refractivity contribution in [2.24, 2.45) is 11.8 Å². The van der Waals surface area contributed by atoms with Crippen molar-refractivity contribution >= 4 is 21.5 Å². The van der Waals surface area contributed by atoms with Gasteiger partial charge in [0.2, 0.25) is 10.0 Å². The van der Waals surface area contributed by atoms with E-state index >= 15 is 0 Å². The van der Waals surface area contributed by atoms with Gasteiger partial charge >= 0.3 is 0 Å². The number of hydrogen-bond acceptors (Lipinski definition) is 4. The van der Waals surface area contributed by atoms with Gasteiger partial charge in [0, 0.05) is 24.2 Å². The smallest absolute Gasteiger partial charge is 0.239 e. The van der Waals surface area contributed by atoms with Crippen molar-refractivity contribution in [1.82, 2.24) is 4.90 Å². The second-order valence-corrected chi connectivity index (χ2v) is 10.2. The van der Waals surface area contributed by atoms with Gasteiger partial charge in [-0.3, -0.25) is 9.52 Å². The molecule has 1 heterocycles. The van der Waals surface area contributed by atoms with E-state index in [0.29, 0.717) is 17.5 Å². The molecule has 1 aromatic rings. The first-order chi connectivity index (χ1) is 12.8. The van der Waals surface area contributed by atoms with Gasteiger partial charge in [-0.15, -0.1) is 0 Å². The molecule has 0 radical (unpaired) electrons. The third kappa shape index (κ3) is 4.54. The van der Waals surface area contributed by atoms with E-state index in [-0.39, 0.29) is 11.2 Å². The molecule has 150 valence electrons. The van der Waals surface area contributed by atoms with Crippen LogP contribution in [-0.2, 0) is 20.2 Å². The van der Waals surface area contributed by atoms with Crippen molar-refractivity contribution in [3.05, 3.63) is 29.8 Å². The number of anilines is 1. The number of rotatable bonds is 10. The number of fused-ring (bicyclic) bond motifs is 1. The molecule has 1 saturated carbocycles. The summed E-state index contributed by atoms with van der Waals surface area (Å²) in [5.74, 6) is 0.481. The zero-order valence-corrected chi connectivity index (χ0v) is 17.5. The largest absolute Gasteiger partial charge is 0.303 e. The lowest BCUT2D eigenvalue weighted by molar-refractivity contribution is -0.114. The number of ketones is 1. The van der Waals surface area contributed by atoms with Crippen LogP contribution in [0.25, 0.3) is 0 Å². The van der Waals surface area contributed by atoms with E-state index in [1.807, 2.05) is 12.1 Å². The zero-order valence-electron chi connectivity index (χ0n) is 16.7. The van der Waals surface area contributed by atoms with E-state index < -0.39 is 15.8 Å². The number of unbranched alkanes of at least 4 members (excludes halogenated alkanes) is 3. The lowest BCUT2D eigenvalue weighted by Crippen LogP contribution is -2.30. The van der Waals surface area contributed by atoms with Gasteiger partial charge in [-0.25, -0.2) is 8.42 Å². The minimum atomic E-state index is -3.63. The summed E-state index contributed by atoms with van der Waals surface area (Å²) in [7, 11) is -3.63. The summed E-state index contributed by atoms with van der Waals surface area (Å²) in [5, 5.41) is 0. The highest BCUT2D eigenvalue weighted by Crippen LogP contribution is 2.63. The van der Waals surface area contributed by atoms with E-state index in [1.54, 1.807) is 6.07 Å². The molecule has 1 N–H and O–H groups in total. The molecule has 27 heavy (non-hydrogen) atoms. The Morgan fingerprint density at radius 1 is 1.22 bits per heavy atom. The fourth-order valence-corrected chi connectivity index (χ4v) is 5.83. The molecule has 0 aromatic heterocycles. The predicted octanol–water partition coefficient (Wildman–Crippen LogP) is 3.42. The topological polar surface area (TPSA) is 66.5 Å². The molecule has 2 unspecified atom stereocenters. The van der Waals surface area contributed by atoms with E-state index in [1.165, 1.54) is 44.7 Å². The Kier molecular flexibility index (Phi) is 5.96. The highest BCUT2D eigenvalue weighted by molar-refractivity contribution is 7.93. The number of hydrogen-bond donors (Lipinski definition) is 1. The minimum absolute atomic E-state index is 0.141. The number of nitrogens with zero attached hydrogens (tertiary/aromatic N) is 1. The fraction of sp³-hybridized carbons (Fsp3) is 0.667. The molecular weight excluding hydrogens is 360 g/mol. The van der Waals surface area contributed by atoms with Crippen LogP contribution in [0.1, 0.15) is 52.0 Å². The van der Waals surface area contributed by atoms with Crippen LogP contribution < -0.4 is 4.72 Å². The summed E-state index contributed by atoms with van der Waals surface area (Å²) in [5.41, 5.74) is 1.89. The Hall–Kier alpha value is -1.40. The normalized spacial score (nSPS) is 27.4. The van der Waals surface area contributed by atoms with Gasteiger partial charge in [-0.05, 0) is 49.4 Å². The molecule has 0 amide bonds. The fourth-order valence-electron chi connectivity index (χ4n) is 4.74. The average Bonchev–Trinajstić information content (AvgIpc) is 2.93. The van der Waals surface area contributed by atoms with E-state index in [9.17, 15) is 13.2 Å². The van der Waals surface area contributed by atoms with Crippen LogP contribution in [0.3, 0.4) is 0 Å². The Morgan fingerprint density at radius 2 is 1.93 bits per heavy atom. The third-order valence-corrected chi connectivity index (χ3v) is 7.64. The Labute approximate surface area is 163 Å². The quantitative estimate of drug-likeness (QED) is 0.620. The van der Waals surface area contributed by atoms with Gasteiger partial charge in [-0.1, -0.05) is 45.2 Å². The SMILES string of the molecule is CCCCCCN1CC2C(C1)C2(C)c1cccc(NS(=O)(=O)CC(C)=O)c1. The highest BCUT2D eigenvalue weighted by Gasteiger charge is 2.65. The van der Waals surface area contributed by atoms with Crippen molar-refractivity contribution in [2.75, 3.05) is 30.1 Å². The number of benzene rings is 1. The maximum Gasteiger partial charge on any atom is 0.239 e. The molecular formula is C21H32N2O3S. The third-order valence-electron chi connectivity index (χ3n) is 6.31. The van der Waals surface area contributed by atoms with Gasteiger partial charge in [0.1, 0.15) is 11.5 Å². The molecule has 2 fully saturated rings. The van der Waals surface area contributed by atoms with Crippen LogP contribution in [0.4, 0.5) is 5.69 Å². The minimum Gasteiger partial charge on any atom is -0.303 e. The molecule has 1 saturated heterocycles. The van der Waals surface area contributed by atoms with Crippen molar-refractivity contribution < 1.29 is 13.2 Å². The molecule has 0 bridgehead atoms. The monoisotopic (exact) mass is 392 g/mol. The first-order valence-corrected chi connectivity index (χ1v) is 11.7. The van der Waals surface area contributed by atoms with Gasteiger partial charge < -0.3 is 4.90 Å². The number of nitrogens with one attached hydrogen (secondary N) is 1. The Bertz CT molecular complexity index is 778. The van der Waals surface area contributed by atoms with Crippen LogP contribution in [-0.4, -0.2) is 44.5 Å². The summed E-state index contributed by atoms with van der Waals surface area (Å²) in [6, 6.07) is 7.71. The summed E-state index contributed by atoms with van der Waals surface area (Å²) in [6.45, 7) is 9.33. The maximum absolute atomic E-state index is 12.0. The number of piperidine rings is 1. The van der Waals surface area contributed by atoms with Crippen molar-refractivity contribution in [3.63, 3.8) is 0 Å². The standard InChI is InChI=1S/C21H32N2O3S/c1-4-5-6-7-11-23-13-19-20(14-23)21(19,3)17-9-8-10-18(12-17)22-27(25,26)15-16(2)24/h8-10,12,19-20,22H,4-7,11,13-15H2,1-3H3. The lowest BCUT2D eigenvalue weighted by Gasteiger charge is -2.24. The molecule has 5 nitrogen and oxygen atoms in total. The molecule has 3 rings (SSSR count). The summed E-state index contributed by atoms with van der Waals surface area (Å²) >= 11 is 0. The molecule has 2 aliphatic rings. The zero-order chi connectivity index (χ0) is 19.7. The summed E-state index contributed by atoms with van der Waals surface area (Å²) in [4.78, 5) is 13.7. The molecule has 0 spiro atoms. The number of sulfonamides is 1. The molecule has 1 aliphatic carbocycles. The van der Waals surface area contributed by atoms with Crippen molar-refractivity contribution in [2.45, 2.75) is 51.9 Å². The number of likely N-dealkylation sites (tertiary alicyclic amines) is 1.